The molecule has 1 heterocycles. The van der Waals surface area contributed by atoms with Crippen LogP contribution >= 0.6 is 15.9 Å². The predicted molar refractivity (Wildman–Crippen MR) is 69.4 cm³/mol. The number of nitrogens with two attached hydrogens (primary N) is 1. The second-order valence-electron chi connectivity index (χ2n) is 4.01. The summed E-state index contributed by atoms with van der Waals surface area (Å²) < 4.78 is 67.2. The molecule has 0 amide bonds. The average Bonchev–Trinajstić information content (AvgIpc) is 2.69. The van der Waals surface area contributed by atoms with E-state index >= 15 is 0 Å². The lowest BCUT2D eigenvalue weighted by Gasteiger charge is -2.22. The number of furan rings is 1. The summed E-state index contributed by atoms with van der Waals surface area (Å²) in [5.41, 5.74) is 5.31. The van der Waals surface area contributed by atoms with Crippen molar-refractivity contribution in [1.82, 2.24) is 4.31 Å². The maximum Gasteiger partial charge on any atom is 0.402 e. The number of rotatable bonds is 6. The highest BCUT2D eigenvalue weighted by Crippen LogP contribution is 2.30. The molecule has 0 aliphatic heterocycles. The molecular weight excluding hydrogens is 365 g/mol. The highest BCUT2D eigenvalue weighted by Gasteiger charge is 2.38. The molecule has 0 spiro atoms. The van der Waals surface area contributed by atoms with E-state index in [0.717, 1.165) is 6.07 Å². The van der Waals surface area contributed by atoms with Crippen molar-refractivity contribution in [3.8, 4) is 0 Å². The molecule has 0 aliphatic rings. The first-order chi connectivity index (χ1) is 9.11. The van der Waals surface area contributed by atoms with Crippen molar-refractivity contribution in [2.45, 2.75) is 31.0 Å². The van der Waals surface area contributed by atoms with Gasteiger partial charge in [-0.25, -0.2) is 8.42 Å². The average molecular weight is 379 g/mol. The van der Waals surface area contributed by atoms with Gasteiger partial charge in [0.05, 0.1) is 6.54 Å². The van der Waals surface area contributed by atoms with Gasteiger partial charge in [-0.3, -0.25) is 0 Å². The SMILES string of the molecule is CCCN(CC(F)(F)F)S(=O)(=O)c1cc(CN)oc1Br. The standard InChI is InChI=1S/C10H14BrF3N2O3S/c1-2-3-16(6-10(12,13)14)20(17,18)8-4-7(5-15)19-9(8)11/h4H,2-3,5-6,15H2,1H3. The highest BCUT2D eigenvalue weighted by molar-refractivity contribution is 9.10. The lowest BCUT2D eigenvalue weighted by Crippen LogP contribution is -2.39. The molecule has 0 fully saturated rings. The van der Waals surface area contributed by atoms with Crippen LogP contribution in [0, 0.1) is 0 Å². The minimum atomic E-state index is -4.62. The first-order valence-corrected chi connectivity index (χ1v) is 7.90. The second kappa shape index (κ2) is 6.46. The topological polar surface area (TPSA) is 76.5 Å². The predicted octanol–water partition coefficient (Wildman–Crippen LogP) is 2.46. The minimum Gasteiger partial charge on any atom is -0.452 e. The monoisotopic (exact) mass is 378 g/mol. The van der Waals surface area contributed by atoms with Crippen molar-refractivity contribution in [2.24, 2.45) is 5.73 Å². The third kappa shape index (κ3) is 4.21. The van der Waals surface area contributed by atoms with Gasteiger partial charge in [-0.15, -0.1) is 0 Å². The van der Waals surface area contributed by atoms with Gasteiger partial charge in [0.2, 0.25) is 10.0 Å². The molecule has 0 aromatic carbocycles. The summed E-state index contributed by atoms with van der Waals surface area (Å²) in [5, 5.41) is 0. The van der Waals surface area contributed by atoms with Gasteiger partial charge in [0, 0.05) is 12.6 Å². The third-order valence-electron chi connectivity index (χ3n) is 2.35. The quantitative estimate of drug-likeness (QED) is 0.824. The van der Waals surface area contributed by atoms with Crippen LogP contribution in [0.2, 0.25) is 0 Å². The first kappa shape index (κ1) is 17.5. The molecule has 0 radical (unpaired) electrons. The van der Waals surface area contributed by atoms with E-state index < -0.39 is 22.7 Å². The molecule has 20 heavy (non-hydrogen) atoms. The molecular formula is C10H14BrF3N2O3S. The maximum absolute atomic E-state index is 12.5. The fourth-order valence-electron chi connectivity index (χ4n) is 1.55. The smallest absolute Gasteiger partial charge is 0.402 e. The van der Waals surface area contributed by atoms with Crippen molar-refractivity contribution in [3.63, 3.8) is 0 Å². The van der Waals surface area contributed by atoms with Crippen LogP contribution in [0.3, 0.4) is 0 Å². The van der Waals surface area contributed by atoms with E-state index in [1.165, 1.54) is 0 Å². The molecule has 0 atom stereocenters. The molecule has 0 bridgehead atoms. The van der Waals surface area contributed by atoms with Gasteiger partial charge in [0.15, 0.2) is 4.67 Å². The van der Waals surface area contributed by atoms with Crippen molar-refractivity contribution in [1.29, 1.82) is 0 Å². The van der Waals surface area contributed by atoms with Gasteiger partial charge in [-0.05, 0) is 22.4 Å². The van der Waals surface area contributed by atoms with Gasteiger partial charge >= 0.3 is 6.18 Å². The summed E-state index contributed by atoms with van der Waals surface area (Å²) in [6.45, 7) is -0.244. The molecule has 10 heteroatoms. The molecule has 116 valence electrons. The van der Waals surface area contributed by atoms with E-state index in [1.54, 1.807) is 6.92 Å². The Labute approximate surface area is 123 Å². The fraction of sp³-hybridized carbons (Fsp3) is 0.600. The molecule has 1 aromatic rings. The summed E-state index contributed by atoms with van der Waals surface area (Å²) in [5.74, 6) is 0.166. The zero-order chi connectivity index (χ0) is 15.6. The number of sulfonamides is 1. The fourth-order valence-corrected chi connectivity index (χ4v) is 4.03. The Balaban J connectivity index is 3.18. The van der Waals surface area contributed by atoms with Gasteiger partial charge in [0.1, 0.15) is 17.2 Å². The Hall–Kier alpha value is -0.580. The highest BCUT2D eigenvalue weighted by atomic mass is 79.9. The lowest BCUT2D eigenvalue weighted by atomic mass is 10.5. The Bertz CT molecular complexity index is 557. The summed E-state index contributed by atoms with van der Waals surface area (Å²) >= 11 is 2.88. The van der Waals surface area contributed by atoms with E-state index in [9.17, 15) is 21.6 Å². The summed E-state index contributed by atoms with van der Waals surface area (Å²) in [4.78, 5) is -0.351. The normalized spacial score (nSPS) is 13.2. The molecule has 2 N–H and O–H groups in total. The van der Waals surface area contributed by atoms with Crippen LogP contribution in [0.1, 0.15) is 19.1 Å². The summed E-state index contributed by atoms with van der Waals surface area (Å²) in [6.07, 6.45) is -4.36. The van der Waals surface area contributed by atoms with E-state index in [0.29, 0.717) is 4.31 Å². The van der Waals surface area contributed by atoms with Crippen LogP contribution in [0.5, 0.6) is 0 Å². The van der Waals surface area contributed by atoms with Crippen molar-refractivity contribution in [2.75, 3.05) is 13.1 Å². The Morgan fingerprint density at radius 3 is 2.45 bits per heavy atom. The van der Waals surface area contributed by atoms with Crippen molar-refractivity contribution in [3.05, 3.63) is 16.5 Å². The Kier molecular flexibility index (Phi) is 5.64. The van der Waals surface area contributed by atoms with E-state index in [-0.39, 0.29) is 34.8 Å². The number of nitrogens with zero attached hydrogens (tertiary/aromatic N) is 1. The molecule has 0 saturated carbocycles. The van der Waals surface area contributed by atoms with Gasteiger partial charge in [0.25, 0.3) is 0 Å². The van der Waals surface area contributed by atoms with Gasteiger partial charge in [-0.2, -0.15) is 17.5 Å². The lowest BCUT2D eigenvalue weighted by molar-refractivity contribution is -0.136. The zero-order valence-corrected chi connectivity index (χ0v) is 13.0. The minimum absolute atomic E-state index is 0.0544. The van der Waals surface area contributed by atoms with Crippen LogP contribution in [0.4, 0.5) is 13.2 Å². The Morgan fingerprint density at radius 2 is 2.05 bits per heavy atom. The van der Waals surface area contributed by atoms with E-state index in [2.05, 4.69) is 15.9 Å². The number of hydrogen-bond donors (Lipinski definition) is 1. The molecule has 1 rings (SSSR count). The molecule has 0 saturated heterocycles. The van der Waals surface area contributed by atoms with E-state index in [1.807, 2.05) is 0 Å². The van der Waals surface area contributed by atoms with Crippen LogP contribution in [0.25, 0.3) is 0 Å². The van der Waals surface area contributed by atoms with Crippen molar-refractivity contribution < 1.29 is 26.0 Å². The van der Waals surface area contributed by atoms with E-state index in [4.69, 9.17) is 10.2 Å². The largest absolute Gasteiger partial charge is 0.452 e. The second-order valence-corrected chi connectivity index (χ2v) is 6.64. The third-order valence-corrected chi connectivity index (χ3v) is 5.06. The van der Waals surface area contributed by atoms with Gasteiger partial charge < -0.3 is 10.2 Å². The summed E-state index contributed by atoms with van der Waals surface area (Å²) in [7, 11) is -4.30. The molecule has 1 aromatic heterocycles. The van der Waals surface area contributed by atoms with Crippen LogP contribution < -0.4 is 5.73 Å². The zero-order valence-electron chi connectivity index (χ0n) is 10.6. The first-order valence-electron chi connectivity index (χ1n) is 5.67. The van der Waals surface area contributed by atoms with Crippen molar-refractivity contribution >= 4 is 26.0 Å². The number of halogens is 4. The Morgan fingerprint density at radius 1 is 1.45 bits per heavy atom. The van der Waals surface area contributed by atoms with Crippen LogP contribution in [-0.2, 0) is 16.6 Å². The van der Waals surface area contributed by atoms with Gasteiger partial charge in [-0.1, -0.05) is 6.92 Å². The molecule has 0 aliphatic carbocycles. The van der Waals surface area contributed by atoms with Crippen LogP contribution in [-0.4, -0.2) is 32.0 Å². The van der Waals surface area contributed by atoms with Crippen LogP contribution in [0.15, 0.2) is 20.0 Å². The number of alkyl halides is 3. The molecule has 0 unspecified atom stereocenters. The summed E-state index contributed by atoms with van der Waals surface area (Å²) in [6, 6.07) is 1.12. The number of hydrogen-bond acceptors (Lipinski definition) is 4. The maximum atomic E-state index is 12.5. The molecule has 5 nitrogen and oxygen atoms in total.